The molecule has 5 nitrogen and oxygen atoms in total. The summed E-state index contributed by atoms with van der Waals surface area (Å²) < 4.78 is 5.12. The highest BCUT2D eigenvalue weighted by molar-refractivity contribution is 6.01. The first-order valence-electron chi connectivity index (χ1n) is 5.41. The van der Waals surface area contributed by atoms with Crippen LogP contribution in [0.3, 0.4) is 0 Å². The van der Waals surface area contributed by atoms with E-state index in [1.807, 2.05) is 0 Å². The fourth-order valence-electron chi connectivity index (χ4n) is 1.63. The van der Waals surface area contributed by atoms with Gasteiger partial charge in [0.1, 0.15) is 0 Å². The van der Waals surface area contributed by atoms with Gasteiger partial charge >= 0.3 is 0 Å². The number of benzene rings is 1. The van der Waals surface area contributed by atoms with E-state index in [1.165, 1.54) is 7.11 Å². The van der Waals surface area contributed by atoms with E-state index in [4.69, 9.17) is 10.5 Å². The van der Waals surface area contributed by atoms with Gasteiger partial charge in [0, 0.05) is 5.92 Å². The summed E-state index contributed by atoms with van der Waals surface area (Å²) in [6, 6.07) is 4.91. The van der Waals surface area contributed by atoms with Crippen LogP contribution in [0.5, 0.6) is 5.75 Å². The van der Waals surface area contributed by atoms with Crippen LogP contribution < -0.4 is 15.8 Å². The van der Waals surface area contributed by atoms with Crippen LogP contribution in [-0.2, 0) is 4.79 Å². The number of nitrogens with one attached hydrogen (secondary N) is 1. The lowest BCUT2D eigenvalue weighted by Crippen LogP contribution is -2.17. The first-order chi connectivity index (χ1) is 8.13. The lowest BCUT2D eigenvalue weighted by molar-refractivity contribution is -0.117. The molecule has 0 spiro atoms. The minimum atomic E-state index is -0.579. The molecule has 1 aliphatic carbocycles. The Labute approximate surface area is 98.9 Å². The molecule has 1 aromatic carbocycles. The van der Waals surface area contributed by atoms with Crippen molar-refractivity contribution in [3.8, 4) is 5.75 Å². The molecule has 17 heavy (non-hydrogen) atoms. The van der Waals surface area contributed by atoms with Gasteiger partial charge in [-0.2, -0.15) is 0 Å². The Morgan fingerprint density at radius 2 is 2.12 bits per heavy atom. The molecule has 0 saturated heterocycles. The van der Waals surface area contributed by atoms with Gasteiger partial charge in [0.15, 0.2) is 5.75 Å². The number of anilines is 1. The Morgan fingerprint density at radius 3 is 2.65 bits per heavy atom. The van der Waals surface area contributed by atoms with Gasteiger partial charge in [-0.3, -0.25) is 9.59 Å². The molecule has 0 bridgehead atoms. The fraction of sp³-hybridized carbons (Fsp3) is 0.333. The van der Waals surface area contributed by atoms with Crippen molar-refractivity contribution in [3.63, 3.8) is 0 Å². The Morgan fingerprint density at radius 1 is 1.41 bits per heavy atom. The number of para-hydroxylation sites is 1. The zero-order chi connectivity index (χ0) is 12.4. The van der Waals surface area contributed by atoms with Gasteiger partial charge in [-0.15, -0.1) is 0 Å². The maximum Gasteiger partial charge on any atom is 0.252 e. The predicted molar refractivity (Wildman–Crippen MR) is 62.9 cm³/mol. The van der Waals surface area contributed by atoms with Crippen LogP contribution >= 0.6 is 0 Å². The van der Waals surface area contributed by atoms with Crippen molar-refractivity contribution < 1.29 is 14.3 Å². The lowest BCUT2D eigenvalue weighted by atomic mass is 10.1. The van der Waals surface area contributed by atoms with E-state index in [0.29, 0.717) is 11.4 Å². The first-order valence-corrected chi connectivity index (χ1v) is 5.41. The molecule has 2 rings (SSSR count). The molecular weight excluding hydrogens is 220 g/mol. The standard InChI is InChI=1S/C12H14N2O3/c1-17-10-8(11(13)15)3-2-4-9(10)14-12(16)7-5-6-7/h2-4,7H,5-6H2,1H3,(H2,13,15)(H,14,16). The van der Waals surface area contributed by atoms with E-state index in [9.17, 15) is 9.59 Å². The number of ether oxygens (including phenoxy) is 1. The summed E-state index contributed by atoms with van der Waals surface area (Å²) in [6.45, 7) is 0. The van der Waals surface area contributed by atoms with E-state index in [0.717, 1.165) is 12.8 Å². The molecule has 0 unspecified atom stereocenters. The molecule has 0 heterocycles. The summed E-state index contributed by atoms with van der Waals surface area (Å²) in [5.74, 6) is -0.208. The maximum atomic E-state index is 11.6. The average molecular weight is 234 g/mol. The van der Waals surface area contributed by atoms with E-state index in [1.54, 1.807) is 18.2 Å². The normalized spacial score (nSPS) is 14.2. The second kappa shape index (κ2) is 4.45. The average Bonchev–Trinajstić information content (AvgIpc) is 3.12. The summed E-state index contributed by atoms with van der Waals surface area (Å²) in [7, 11) is 1.44. The second-order valence-corrected chi connectivity index (χ2v) is 4.01. The van der Waals surface area contributed by atoms with Crippen molar-refractivity contribution in [2.24, 2.45) is 11.7 Å². The zero-order valence-corrected chi connectivity index (χ0v) is 9.53. The van der Waals surface area contributed by atoms with Crippen LogP contribution in [0.1, 0.15) is 23.2 Å². The largest absolute Gasteiger partial charge is 0.494 e. The molecule has 0 aliphatic heterocycles. The molecule has 1 fully saturated rings. The molecule has 3 N–H and O–H groups in total. The van der Waals surface area contributed by atoms with Crippen molar-refractivity contribution in [1.29, 1.82) is 0 Å². The molecule has 0 aromatic heterocycles. The minimum Gasteiger partial charge on any atom is -0.494 e. The third-order valence-electron chi connectivity index (χ3n) is 2.69. The van der Waals surface area contributed by atoms with E-state index in [-0.39, 0.29) is 17.4 Å². The summed E-state index contributed by atoms with van der Waals surface area (Å²) >= 11 is 0. The number of hydrogen-bond donors (Lipinski definition) is 2. The van der Waals surface area contributed by atoms with Crippen LogP contribution in [0, 0.1) is 5.92 Å². The molecule has 0 radical (unpaired) electrons. The topological polar surface area (TPSA) is 81.4 Å². The smallest absolute Gasteiger partial charge is 0.252 e. The van der Waals surface area contributed by atoms with E-state index >= 15 is 0 Å². The fourth-order valence-corrected chi connectivity index (χ4v) is 1.63. The number of primary amides is 1. The minimum absolute atomic E-state index is 0.0371. The predicted octanol–water partition coefficient (Wildman–Crippen LogP) is 1.14. The van der Waals surface area contributed by atoms with Crippen LogP contribution in [0.2, 0.25) is 0 Å². The second-order valence-electron chi connectivity index (χ2n) is 4.01. The number of amides is 2. The van der Waals surface area contributed by atoms with Crippen LogP contribution in [0.15, 0.2) is 18.2 Å². The summed E-state index contributed by atoms with van der Waals surface area (Å²) in [4.78, 5) is 22.8. The van der Waals surface area contributed by atoms with Gasteiger partial charge in [0.05, 0.1) is 18.4 Å². The molecular formula is C12H14N2O3. The molecule has 5 heteroatoms. The van der Waals surface area contributed by atoms with Crippen molar-refractivity contribution in [2.45, 2.75) is 12.8 Å². The van der Waals surface area contributed by atoms with E-state index in [2.05, 4.69) is 5.32 Å². The highest BCUT2D eigenvalue weighted by atomic mass is 16.5. The number of hydrogen-bond acceptors (Lipinski definition) is 3. The van der Waals surface area contributed by atoms with Gasteiger partial charge in [-0.05, 0) is 25.0 Å². The molecule has 1 aromatic rings. The summed E-state index contributed by atoms with van der Waals surface area (Å²) in [6.07, 6.45) is 1.84. The third kappa shape index (κ3) is 2.38. The highest BCUT2D eigenvalue weighted by Crippen LogP contribution is 2.33. The number of nitrogens with two attached hydrogens (primary N) is 1. The van der Waals surface area contributed by atoms with Gasteiger partial charge in [-0.1, -0.05) is 6.07 Å². The molecule has 90 valence electrons. The molecule has 1 saturated carbocycles. The van der Waals surface area contributed by atoms with E-state index < -0.39 is 5.91 Å². The lowest BCUT2D eigenvalue weighted by Gasteiger charge is -2.12. The molecule has 0 atom stereocenters. The summed E-state index contributed by atoms with van der Waals surface area (Å²) in [5.41, 5.74) is 5.98. The van der Waals surface area contributed by atoms with Gasteiger partial charge in [0.25, 0.3) is 5.91 Å². The molecule has 1 aliphatic rings. The first kappa shape index (κ1) is 11.4. The van der Waals surface area contributed by atoms with Crippen LogP contribution in [-0.4, -0.2) is 18.9 Å². The monoisotopic (exact) mass is 234 g/mol. The number of carbonyl (C=O) groups excluding carboxylic acids is 2. The number of methoxy groups -OCH3 is 1. The summed E-state index contributed by atoms with van der Waals surface area (Å²) in [5, 5.41) is 2.75. The molecule has 2 amide bonds. The van der Waals surface area contributed by atoms with Gasteiger partial charge in [0.2, 0.25) is 5.91 Å². The zero-order valence-electron chi connectivity index (χ0n) is 9.53. The van der Waals surface area contributed by atoms with Gasteiger partial charge < -0.3 is 15.8 Å². The van der Waals surface area contributed by atoms with Crippen molar-refractivity contribution in [1.82, 2.24) is 0 Å². The Kier molecular flexibility index (Phi) is 2.99. The van der Waals surface area contributed by atoms with Crippen LogP contribution in [0.4, 0.5) is 5.69 Å². The number of rotatable bonds is 4. The van der Waals surface area contributed by atoms with Crippen molar-refractivity contribution >= 4 is 17.5 Å². The number of carbonyl (C=O) groups is 2. The third-order valence-corrected chi connectivity index (χ3v) is 2.69. The Hall–Kier alpha value is -2.04. The maximum absolute atomic E-state index is 11.6. The van der Waals surface area contributed by atoms with Gasteiger partial charge in [-0.25, -0.2) is 0 Å². The highest BCUT2D eigenvalue weighted by Gasteiger charge is 2.30. The SMILES string of the molecule is COc1c(NC(=O)C2CC2)cccc1C(N)=O. The Bertz CT molecular complexity index is 467. The Balaban J connectivity index is 2.28. The quantitative estimate of drug-likeness (QED) is 0.819. The van der Waals surface area contributed by atoms with Crippen LogP contribution in [0.25, 0.3) is 0 Å². The van der Waals surface area contributed by atoms with Crippen molar-refractivity contribution in [2.75, 3.05) is 12.4 Å². The van der Waals surface area contributed by atoms with Crippen molar-refractivity contribution in [3.05, 3.63) is 23.8 Å².